The van der Waals surface area contributed by atoms with Gasteiger partial charge in [-0.1, -0.05) is 18.2 Å². The second kappa shape index (κ2) is 14.8. The van der Waals surface area contributed by atoms with E-state index in [9.17, 15) is 40.7 Å². The quantitative estimate of drug-likeness (QED) is 0.180. The lowest BCUT2D eigenvalue weighted by Gasteiger charge is -2.45. The number of hydrogen-bond acceptors (Lipinski definition) is 7. The lowest BCUT2D eigenvalue weighted by atomic mass is 9.95. The Morgan fingerprint density at radius 3 is 2.09 bits per heavy atom. The van der Waals surface area contributed by atoms with Crippen molar-refractivity contribution in [3.05, 3.63) is 69.8 Å². The van der Waals surface area contributed by atoms with Gasteiger partial charge in [0.05, 0.1) is 39.6 Å². The Balaban J connectivity index is 1.00. The minimum Gasteiger partial charge on any atom is -0.398 e. The number of H-pyrrole nitrogens is 1. The summed E-state index contributed by atoms with van der Waals surface area (Å²) in [5.41, 5.74) is 1.85. The van der Waals surface area contributed by atoms with Crippen LogP contribution in [0.25, 0.3) is 21.9 Å². The number of hydrogen-bond donors (Lipinski definition) is 3. The van der Waals surface area contributed by atoms with Crippen molar-refractivity contribution in [2.75, 3.05) is 52.0 Å². The summed E-state index contributed by atoms with van der Waals surface area (Å²) in [4.78, 5) is 56.4. The molecule has 8 rings (SSSR count). The number of nitrogens with zero attached hydrogens (tertiary/aromatic N) is 6. The Kier molecular flexibility index (Phi) is 10.1. The number of carbonyl (C=O) groups is 2. The Labute approximate surface area is 323 Å². The predicted molar refractivity (Wildman–Crippen MR) is 200 cm³/mol. The van der Waals surface area contributed by atoms with E-state index in [0.717, 1.165) is 36.6 Å². The van der Waals surface area contributed by atoms with Gasteiger partial charge in [0.2, 0.25) is 5.91 Å². The first-order chi connectivity index (χ1) is 27.1. The molecule has 2 bridgehead atoms. The van der Waals surface area contributed by atoms with Crippen LogP contribution in [0.5, 0.6) is 0 Å². The molecule has 4 aliphatic rings. The molecule has 4 N–H and O–H groups in total. The van der Waals surface area contributed by atoms with Crippen LogP contribution in [0.2, 0.25) is 0 Å². The van der Waals surface area contributed by atoms with Crippen molar-refractivity contribution in [3.8, 4) is 0 Å². The normalized spacial score (nSPS) is 23.4. The Morgan fingerprint density at radius 1 is 0.860 bits per heavy atom. The number of alkyl halides is 6. The number of likely N-dealkylation sites (tertiary alicyclic amines) is 1. The molecule has 3 amide bonds. The minimum absolute atomic E-state index is 0.174. The number of rotatable bonds is 6. The van der Waals surface area contributed by atoms with Gasteiger partial charge in [0.15, 0.2) is 0 Å². The number of nitrogens with two attached hydrogens (primary N) is 1. The molecule has 3 atom stereocenters. The van der Waals surface area contributed by atoms with Crippen LogP contribution in [0.3, 0.4) is 0 Å². The number of pyridine rings is 1. The van der Waals surface area contributed by atoms with Crippen molar-refractivity contribution in [1.29, 1.82) is 0 Å². The fraction of sp³-hybridized carbons (Fsp3) is 0.538. The maximum Gasteiger partial charge on any atom is 0.418 e. The number of imidazole rings is 1. The van der Waals surface area contributed by atoms with Crippen LogP contribution in [0.1, 0.15) is 61.3 Å². The molecular weight excluding hydrogens is 756 g/mol. The first kappa shape index (κ1) is 39.0. The van der Waals surface area contributed by atoms with Crippen molar-refractivity contribution in [1.82, 2.24) is 39.5 Å². The summed E-state index contributed by atoms with van der Waals surface area (Å²) in [5.74, 6) is -0.592. The van der Waals surface area contributed by atoms with Gasteiger partial charge in [-0.05, 0) is 69.3 Å². The number of aromatic nitrogens is 3. The second-order valence-electron chi connectivity index (χ2n) is 15.9. The van der Waals surface area contributed by atoms with Crippen LogP contribution in [-0.4, -0.2) is 117 Å². The molecule has 4 saturated heterocycles. The highest BCUT2D eigenvalue weighted by atomic mass is 19.4. The average molecular weight is 802 g/mol. The number of piperidine rings is 2. The van der Waals surface area contributed by atoms with Gasteiger partial charge in [-0.3, -0.25) is 19.2 Å². The van der Waals surface area contributed by atoms with E-state index in [1.54, 1.807) is 10.8 Å². The fourth-order valence-corrected chi connectivity index (χ4v) is 9.60. The smallest absolute Gasteiger partial charge is 0.398 e. The van der Waals surface area contributed by atoms with Gasteiger partial charge in [0.25, 0.3) is 0 Å². The topological polar surface area (TPSA) is 136 Å². The average Bonchev–Trinajstić information content (AvgIpc) is 3.60. The number of para-hydroxylation sites is 1. The Hall–Kier alpha value is -4.84. The number of piperazine rings is 1. The molecular formula is C39H45F6N9O3. The standard InChI is InChI=1S/C39H45F6N9O3/c1-50-24-6-7-25(50)20-26(19-24)51-12-14-52(15-13-51)35(55)31(18-22-16-28(38(40,41)42)33(46)29(17-22)39(43,44)45)48-36(56)53-10-8-23(9-11-53)54-32-21-47-30-5-3-2-4-27(30)34(32)49-37(54)57/h2-5,16-17,21,23-26,31H,6-15,18-20,46H2,1H3,(H,48,56)(H,49,57). The predicted octanol–water partition coefficient (Wildman–Crippen LogP) is 5.22. The first-order valence-corrected chi connectivity index (χ1v) is 19.4. The van der Waals surface area contributed by atoms with Crippen LogP contribution in [0.15, 0.2) is 47.4 Å². The first-order valence-electron chi connectivity index (χ1n) is 19.4. The molecule has 12 nitrogen and oxygen atoms in total. The highest BCUT2D eigenvalue weighted by Gasteiger charge is 2.43. The molecule has 4 fully saturated rings. The number of fused-ring (bicyclic) bond motifs is 5. The lowest BCUT2D eigenvalue weighted by Crippen LogP contribution is -2.59. The van der Waals surface area contributed by atoms with E-state index in [0.29, 0.717) is 80.3 Å². The maximum atomic E-state index is 14.2. The number of halogens is 6. The van der Waals surface area contributed by atoms with Crippen LogP contribution >= 0.6 is 0 Å². The van der Waals surface area contributed by atoms with E-state index in [1.165, 1.54) is 9.80 Å². The molecule has 2 aromatic carbocycles. The van der Waals surface area contributed by atoms with Crippen molar-refractivity contribution in [3.63, 3.8) is 0 Å². The van der Waals surface area contributed by atoms with Gasteiger partial charge in [0.1, 0.15) is 6.04 Å². The van der Waals surface area contributed by atoms with E-state index in [2.05, 4.69) is 32.1 Å². The van der Waals surface area contributed by atoms with E-state index >= 15 is 0 Å². The van der Waals surface area contributed by atoms with Gasteiger partial charge in [0, 0.05) is 75.2 Å². The third-order valence-corrected chi connectivity index (χ3v) is 12.7. The van der Waals surface area contributed by atoms with Crippen LogP contribution in [0.4, 0.5) is 36.8 Å². The van der Waals surface area contributed by atoms with Gasteiger partial charge in [-0.15, -0.1) is 0 Å². The number of anilines is 1. The number of amides is 3. The zero-order valence-electron chi connectivity index (χ0n) is 31.4. The molecule has 306 valence electrons. The molecule has 3 unspecified atom stereocenters. The van der Waals surface area contributed by atoms with Crippen LogP contribution in [-0.2, 0) is 23.6 Å². The van der Waals surface area contributed by atoms with E-state index in [-0.39, 0.29) is 24.8 Å². The van der Waals surface area contributed by atoms with E-state index < -0.39 is 59.1 Å². The van der Waals surface area contributed by atoms with E-state index in [4.69, 9.17) is 5.73 Å². The summed E-state index contributed by atoms with van der Waals surface area (Å²) in [7, 11) is 2.16. The zero-order chi connectivity index (χ0) is 40.4. The summed E-state index contributed by atoms with van der Waals surface area (Å²) >= 11 is 0. The van der Waals surface area contributed by atoms with Crippen molar-refractivity contribution in [2.45, 2.75) is 87.5 Å². The summed E-state index contributed by atoms with van der Waals surface area (Å²) in [5, 5.41) is 3.46. The number of aromatic amines is 1. The Morgan fingerprint density at radius 2 is 1.47 bits per heavy atom. The van der Waals surface area contributed by atoms with Crippen molar-refractivity contribution in [2.24, 2.45) is 0 Å². The molecule has 4 aromatic rings. The summed E-state index contributed by atoms with van der Waals surface area (Å²) < 4.78 is 85.5. The highest BCUT2D eigenvalue weighted by Crippen LogP contribution is 2.42. The summed E-state index contributed by atoms with van der Waals surface area (Å²) in [6.07, 6.45) is -4.29. The summed E-state index contributed by atoms with van der Waals surface area (Å²) in [6, 6.07) is 7.40. The zero-order valence-corrected chi connectivity index (χ0v) is 31.4. The maximum absolute atomic E-state index is 14.2. The van der Waals surface area contributed by atoms with Crippen LogP contribution in [0, 0.1) is 0 Å². The van der Waals surface area contributed by atoms with Gasteiger partial charge < -0.3 is 30.7 Å². The molecule has 0 spiro atoms. The molecule has 6 heterocycles. The molecule has 4 aliphatic heterocycles. The van der Waals surface area contributed by atoms with Gasteiger partial charge >= 0.3 is 24.1 Å². The molecule has 18 heteroatoms. The fourth-order valence-electron chi connectivity index (χ4n) is 9.60. The molecule has 0 aliphatic carbocycles. The number of carbonyl (C=O) groups excluding carboxylic acids is 2. The second-order valence-corrected chi connectivity index (χ2v) is 15.9. The minimum atomic E-state index is -5.20. The highest BCUT2D eigenvalue weighted by molar-refractivity contribution is 6.01. The number of nitrogen functional groups attached to an aromatic ring is 1. The largest absolute Gasteiger partial charge is 0.418 e. The number of nitrogens with one attached hydrogen (secondary N) is 2. The van der Waals surface area contributed by atoms with Gasteiger partial charge in [-0.25, -0.2) is 9.59 Å². The Bertz CT molecular complexity index is 2170. The molecule has 0 saturated carbocycles. The van der Waals surface area contributed by atoms with Crippen molar-refractivity contribution >= 4 is 39.6 Å². The molecule has 0 radical (unpaired) electrons. The third kappa shape index (κ3) is 7.53. The monoisotopic (exact) mass is 801 g/mol. The van der Waals surface area contributed by atoms with Crippen molar-refractivity contribution < 1.29 is 35.9 Å². The summed E-state index contributed by atoms with van der Waals surface area (Å²) in [6.45, 7) is 2.06. The van der Waals surface area contributed by atoms with Gasteiger partial charge in [-0.2, -0.15) is 26.3 Å². The molecule has 2 aromatic heterocycles. The third-order valence-electron chi connectivity index (χ3n) is 12.7. The molecule has 57 heavy (non-hydrogen) atoms. The van der Waals surface area contributed by atoms with Crippen LogP contribution < -0.4 is 16.7 Å². The number of benzene rings is 2. The number of urea groups is 1. The van der Waals surface area contributed by atoms with E-state index in [1.807, 2.05) is 24.3 Å². The SMILES string of the molecule is CN1C2CCC1CC(N1CCN(C(=O)C(Cc3cc(C(F)(F)F)c(N)c(C(F)(F)F)c3)NC(=O)N3CCC(n4c(=O)[nH]c5c6ccccc6ncc54)CC3)CC1)C2. The lowest BCUT2D eigenvalue weighted by molar-refractivity contribution is -0.141.